The Bertz CT molecular complexity index is 489. The lowest BCUT2D eigenvalue weighted by Gasteiger charge is -2.39. The summed E-state index contributed by atoms with van der Waals surface area (Å²) < 4.78 is 28.4. The van der Waals surface area contributed by atoms with Gasteiger partial charge >= 0.3 is 0 Å². The number of guanidine groups is 1. The van der Waals surface area contributed by atoms with Gasteiger partial charge in [-0.1, -0.05) is 20.8 Å². The molecule has 2 atom stereocenters. The largest absolute Gasteiger partial charge is 0.377 e. The highest BCUT2D eigenvalue weighted by atomic mass is 127. The van der Waals surface area contributed by atoms with Crippen molar-refractivity contribution in [2.45, 2.75) is 46.6 Å². The van der Waals surface area contributed by atoms with Gasteiger partial charge in [0.15, 0.2) is 5.96 Å². The van der Waals surface area contributed by atoms with E-state index in [4.69, 9.17) is 4.74 Å². The van der Waals surface area contributed by atoms with Gasteiger partial charge in [-0.15, -0.1) is 24.0 Å². The van der Waals surface area contributed by atoms with Gasteiger partial charge < -0.3 is 15.4 Å². The smallest absolute Gasteiger partial charge is 0.191 e. The lowest BCUT2D eigenvalue weighted by Crippen LogP contribution is -2.43. The van der Waals surface area contributed by atoms with E-state index in [0.29, 0.717) is 25.0 Å². The highest BCUT2D eigenvalue weighted by Gasteiger charge is 2.35. The van der Waals surface area contributed by atoms with E-state index in [1.165, 1.54) is 6.26 Å². The van der Waals surface area contributed by atoms with E-state index in [1.807, 2.05) is 6.92 Å². The Kier molecular flexibility index (Phi) is 10.8. The molecular weight excluding hydrogens is 441 g/mol. The molecule has 8 heteroatoms. The summed E-state index contributed by atoms with van der Waals surface area (Å²) in [5.41, 5.74) is 0.0999. The van der Waals surface area contributed by atoms with Crippen LogP contribution in [0.2, 0.25) is 0 Å². The summed E-state index contributed by atoms with van der Waals surface area (Å²) in [5, 5.41) is 6.25. The van der Waals surface area contributed by atoms with Crippen molar-refractivity contribution in [3.63, 3.8) is 0 Å². The van der Waals surface area contributed by atoms with E-state index in [9.17, 15) is 8.42 Å². The molecule has 24 heavy (non-hydrogen) atoms. The average molecular weight is 475 g/mol. The third kappa shape index (κ3) is 9.41. The van der Waals surface area contributed by atoms with Crippen molar-refractivity contribution in [2.24, 2.45) is 16.3 Å². The number of hydrogen-bond acceptors (Lipinski definition) is 4. The summed E-state index contributed by atoms with van der Waals surface area (Å²) in [6, 6.07) is 0. The lowest BCUT2D eigenvalue weighted by atomic mass is 9.78. The molecule has 1 fully saturated rings. The zero-order chi connectivity index (χ0) is 17.5. The molecule has 144 valence electrons. The second kappa shape index (κ2) is 10.8. The molecule has 0 aliphatic carbocycles. The van der Waals surface area contributed by atoms with Crippen molar-refractivity contribution < 1.29 is 13.2 Å². The normalized spacial score (nSPS) is 22.6. The number of sulfone groups is 1. The van der Waals surface area contributed by atoms with Crippen molar-refractivity contribution in [1.29, 1.82) is 0 Å². The van der Waals surface area contributed by atoms with Gasteiger partial charge in [-0.2, -0.15) is 0 Å². The van der Waals surface area contributed by atoms with Crippen LogP contribution in [0.25, 0.3) is 0 Å². The Hall–Kier alpha value is -0.0900. The van der Waals surface area contributed by atoms with Crippen LogP contribution in [-0.2, 0) is 14.6 Å². The fourth-order valence-electron chi connectivity index (χ4n) is 2.89. The predicted molar refractivity (Wildman–Crippen MR) is 111 cm³/mol. The Morgan fingerprint density at radius 3 is 2.50 bits per heavy atom. The number of nitrogens with one attached hydrogen (secondary N) is 2. The first-order valence-electron chi connectivity index (χ1n) is 8.45. The molecule has 0 amide bonds. The molecular formula is C16H34IN3O3S. The molecule has 0 bridgehead atoms. The Labute approximate surface area is 164 Å². The fourth-order valence-corrected chi connectivity index (χ4v) is 3.37. The van der Waals surface area contributed by atoms with E-state index in [0.717, 1.165) is 26.0 Å². The van der Waals surface area contributed by atoms with Crippen molar-refractivity contribution >= 4 is 39.8 Å². The third-order valence-corrected chi connectivity index (χ3v) is 4.84. The van der Waals surface area contributed by atoms with Crippen LogP contribution in [0, 0.1) is 11.3 Å². The molecule has 1 aliphatic heterocycles. The fraction of sp³-hybridized carbons (Fsp3) is 0.938. The first-order chi connectivity index (χ1) is 10.6. The van der Waals surface area contributed by atoms with Gasteiger partial charge in [0.2, 0.25) is 0 Å². The highest BCUT2D eigenvalue weighted by molar-refractivity contribution is 14.0. The minimum Gasteiger partial charge on any atom is -0.377 e. The molecule has 0 aromatic carbocycles. The predicted octanol–water partition coefficient (Wildman–Crippen LogP) is 2.05. The van der Waals surface area contributed by atoms with E-state index in [-0.39, 0.29) is 41.2 Å². The van der Waals surface area contributed by atoms with Crippen molar-refractivity contribution in [1.82, 2.24) is 10.6 Å². The van der Waals surface area contributed by atoms with E-state index < -0.39 is 9.84 Å². The Balaban J connectivity index is 0.00000529. The summed E-state index contributed by atoms with van der Waals surface area (Å²) in [6.45, 7) is 11.2. The quantitative estimate of drug-likeness (QED) is 0.349. The van der Waals surface area contributed by atoms with Gasteiger partial charge in [0.25, 0.3) is 0 Å². The molecule has 0 saturated carbocycles. The number of nitrogens with zero attached hydrogens (tertiary/aromatic N) is 1. The van der Waals surface area contributed by atoms with Crippen LogP contribution >= 0.6 is 24.0 Å². The van der Waals surface area contributed by atoms with E-state index in [1.54, 1.807) is 0 Å². The lowest BCUT2D eigenvalue weighted by molar-refractivity contribution is -0.0823. The number of aliphatic imine (C=N–C) groups is 1. The van der Waals surface area contributed by atoms with Crippen LogP contribution in [-0.4, -0.2) is 58.7 Å². The highest BCUT2D eigenvalue weighted by Crippen LogP contribution is 2.34. The molecule has 6 nitrogen and oxygen atoms in total. The second-order valence-corrected chi connectivity index (χ2v) is 9.60. The van der Waals surface area contributed by atoms with Crippen LogP contribution in [0.15, 0.2) is 4.99 Å². The molecule has 0 spiro atoms. The summed E-state index contributed by atoms with van der Waals surface area (Å²) in [4.78, 5) is 4.64. The van der Waals surface area contributed by atoms with Crippen LogP contribution in [0.1, 0.15) is 40.5 Å². The summed E-state index contributed by atoms with van der Waals surface area (Å²) in [5.74, 6) is 1.18. The summed E-state index contributed by atoms with van der Waals surface area (Å²) in [6.07, 6.45) is 3.64. The van der Waals surface area contributed by atoms with Gasteiger partial charge in [0.1, 0.15) is 9.84 Å². The van der Waals surface area contributed by atoms with Crippen molar-refractivity contribution in [3.8, 4) is 0 Å². The summed E-state index contributed by atoms with van der Waals surface area (Å²) >= 11 is 0. The molecule has 0 aromatic heterocycles. The van der Waals surface area contributed by atoms with Gasteiger partial charge in [-0.3, -0.25) is 4.99 Å². The van der Waals surface area contributed by atoms with E-state index in [2.05, 4.69) is 36.4 Å². The standard InChI is InChI=1S/C16H33N3O3S.HI/c1-6-17-15(18-9-11-23(5,20)21)19-12-13-8-7-10-22-14(13)16(2,3)4;/h13-14H,6-12H2,1-5H3,(H2,17,18,19);1H. The van der Waals surface area contributed by atoms with Crippen LogP contribution in [0.3, 0.4) is 0 Å². The second-order valence-electron chi connectivity index (χ2n) is 7.34. The SMILES string of the molecule is CCNC(=NCC1CCCOC1C(C)(C)C)NCCS(C)(=O)=O.I. The number of ether oxygens (including phenoxy) is 1. The molecule has 1 aliphatic rings. The van der Waals surface area contributed by atoms with Gasteiger partial charge in [0.05, 0.1) is 11.9 Å². The Morgan fingerprint density at radius 2 is 1.96 bits per heavy atom. The maximum Gasteiger partial charge on any atom is 0.191 e. The van der Waals surface area contributed by atoms with Crippen LogP contribution < -0.4 is 10.6 Å². The summed E-state index contributed by atoms with van der Waals surface area (Å²) in [7, 11) is -2.96. The number of rotatable bonds is 6. The number of hydrogen-bond donors (Lipinski definition) is 2. The maximum absolute atomic E-state index is 11.2. The molecule has 2 unspecified atom stereocenters. The molecule has 2 N–H and O–H groups in total. The third-order valence-electron chi connectivity index (χ3n) is 3.89. The number of halogens is 1. The molecule has 1 saturated heterocycles. The zero-order valence-electron chi connectivity index (χ0n) is 15.6. The topological polar surface area (TPSA) is 79.8 Å². The molecule has 1 rings (SSSR count). The maximum atomic E-state index is 11.2. The van der Waals surface area contributed by atoms with Crippen LogP contribution in [0.5, 0.6) is 0 Å². The molecule has 1 heterocycles. The minimum absolute atomic E-state index is 0. The average Bonchev–Trinajstić information content (AvgIpc) is 2.43. The first-order valence-corrected chi connectivity index (χ1v) is 10.5. The Morgan fingerprint density at radius 1 is 1.29 bits per heavy atom. The van der Waals surface area contributed by atoms with E-state index >= 15 is 0 Å². The van der Waals surface area contributed by atoms with Gasteiger partial charge in [-0.25, -0.2) is 8.42 Å². The molecule has 0 radical (unpaired) electrons. The minimum atomic E-state index is -2.96. The monoisotopic (exact) mass is 475 g/mol. The van der Waals surface area contributed by atoms with Gasteiger partial charge in [-0.05, 0) is 25.2 Å². The zero-order valence-corrected chi connectivity index (χ0v) is 18.7. The first kappa shape index (κ1) is 23.9. The van der Waals surface area contributed by atoms with Crippen LogP contribution in [0.4, 0.5) is 0 Å². The van der Waals surface area contributed by atoms with Gasteiger partial charge in [0, 0.05) is 38.4 Å². The molecule has 0 aromatic rings. The van der Waals surface area contributed by atoms with Crippen molar-refractivity contribution in [3.05, 3.63) is 0 Å². The van der Waals surface area contributed by atoms with Crippen molar-refractivity contribution in [2.75, 3.05) is 38.2 Å².